The van der Waals surface area contributed by atoms with Gasteiger partial charge in [0.05, 0.1) is 6.07 Å². The van der Waals surface area contributed by atoms with Crippen LogP contribution in [0, 0.1) is 11.3 Å². The number of para-hydroxylation sites is 1. The first-order valence-electron chi connectivity index (χ1n) is 5.11. The minimum Gasteiger partial charge on any atom is -0.356 e. The van der Waals surface area contributed by atoms with E-state index in [-0.39, 0.29) is 6.04 Å². The van der Waals surface area contributed by atoms with Crippen molar-refractivity contribution in [3.8, 4) is 6.07 Å². The monoisotopic (exact) mass is 186 g/mol. The summed E-state index contributed by atoms with van der Waals surface area (Å²) in [5, 5.41) is 9.03. The lowest BCUT2D eigenvalue weighted by Gasteiger charge is -2.34. The molecule has 2 nitrogen and oxygen atoms in total. The summed E-state index contributed by atoms with van der Waals surface area (Å²) >= 11 is 0. The summed E-state index contributed by atoms with van der Waals surface area (Å²) in [6.07, 6.45) is 1.99. The molecule has 0 spiro atoms. The Morgan fingerprint density at radius 2 is 2.29 bits per heavy atom. The van der Waals surface area contributed by atoms with E-state index >= 15 is 0 Å². The number of benzene rings is 1. The quantitative estimate of drug-likeness (QED) is 0.673. The fourth-order valence-electron chi connectivity index (χ4n) is 2.14. The summed E-state index contributed by atoms with van der Waals surface area (Å²) in [5.74, 6) is 0. The predicted molar refractivity (Wildman–Crippen MR) is 57.2 cm³/mol. The van der Waals surface area contributed by atoms with Crippen molar-refractivity contribution in [2.24, 2.45) is 0 Å². The van der Waals surface area contributed by atoms with Crippen molar-refractivity contribution in [1.29, 1.82) is 5.26 Å². The van der Waals surface area contributed by atoms with Crippen LogP contribution in [0.25, 0.3) is 0 Å². The van der Waals surface area contributed by atoms with Crippen molar-refractivity contribution in [3.05, 3.63) is 29.8 Å². The Bertz CT molecular complexity index is 365. The average molecular weight is 186 g/mol. The SMILES string of the molecule is CCN1c2ccccc2CC[C@@H]1C#N. The second-order valence-corrected chi connectivity index (χ2v) is 3.60. The van der Waals surface area contributed by atoms with Crippen LogP contribution in [0.5, 0.6) is 0 Å². The van der Waals surface area contributed by atoms with E-state index in [9.17, 15) is 0 Å². The van der Waals surface area contributed by atoms with Crippen LogP contribution in [0.15, 0.2) is 24.3 Å². The van der Waals surface area contributed by atoms with Crippen LogP contribution in [-0.2, 0) is 6.42 Å². The Labute approximate surface area is 84.8 Å². The van der Waals surface area contributed by atoms with Crippen LogP contribution in [-0.4, -0.2) is 12.6 Å². The molecule has 1 aromatic rings. The van der Waals surface area contributed by atoms with Gasteiger partial charge in [-0.3, -0.25) is 0 Å². The Morgan fingerprint density at radius 3 is 3.00 bits per heavy atom. The van der Waals surface area contributed by atoms with Crippen molar-refractivity contribution in [2.45, 2.75) is 25.8 Å². The Hall–Kier alpha value is -1.49. The standard InChI is InChI=1S/C12H14N2/c1-2-14-11(9-13)8-7-10-5-3-4-6-12(10)14/h3-6,11H,2,7-8H2,1H3/t11-/m1/s1. The molecule has 14 heavy (non-hydrogen) atoms. The highest BCUT2D eigenvalue weighted by atomic mass is 15.2. The minimum absolute atomic E-state index is 0.0647. The fraction of sp³-hybridized carbons (Fsp3) is 0.417. The lowest BCUT2D eigenvalue weighted by atomic mass is 9.96. The number of fused-ring (bicyclic) bond motifs is 1. The van der Waals surface area contributed by atoms with Crippen molar-refractivity contribution >= 4 is 5.69 Å². The zero-order valence-corrected chi connectivity index (χ0v) is 8.40. The topological polar surface area (TPSA) is 27.0 Å². The Kier molecular flexibility index (Phi) is 2.41. The molecule has 1 aromatic carbocycles. The lowest BCUT2D eigenvalue weighted by Crippen LogP contribution is -2.38. The maximum Gasteiger partial charge on any atom is 0.117 e. The maximum atomic E-state index is 9.03. The molecule has 1 aliphatic rings. The van der Waals surface area contributed by atoms with Gasteiger partial charge in [-0.2, -0.15) is 5.26 Å². The van der Waals surface area contributed by atoms with Crippen molar-refractivity contribution in [1.82, 2.24) is 0 Å². The van der Waals surface area contributed by atoms with Gasteiger partial charge in [-0.25, -0.2) is 0 Å². The van der Waals surface area contributed by atoms with E-state index in [0.717, 1.165) is 19.4 Å². The number of aryl methyl sites for hydroxylation is 1. The van der Waals surface area contributed by atoms with Crippen LogP contribution >= 0.6 is 0 Å². The first kappa shape index (κ1) is 9.08. The third-order valence-corrected chi connectivity index (χ3v) is 2.85. The summed E-state index contributed by atoms with van der Waals surface area (Å²) in [5.41, 5.74) is 2.62. The number of nitriles is 1. The van der Waals surface area contributed by atoms with Gasteiger partial charge in [0.15, 0.2) is 0 Å². The summed E-state index contributed by atoms with van der Waals surface area (Å²) in [4.78, 5) is 2.19. The van der Waals surface area contributed by atoms with Gasteiger partial charge in [0.25, 0.3) is 0 Å². The van der Waals surface area contributed by atoms with E-state index < -0.39 is 0 Å². The molecule has 0 fully saturated rings. The van der Waals surface area contributed by atoms with Crippen LogP contribution in [0.3, 0.4) is 0 Å². The summed E-state index contributed by atoms with van der Waals surface area (Å²) < 4.78 is 0. The molecular formula is C12H14N2. The highest BCUT2D eigenvalue weighted by Gasteiger charge is 2.23. The van der Waals surface area contributed by atoms with Gasteiger partial charge in [-0.15, -0.1) is 0 Å². The number of hydrogen-bond acceptors (Lipinski definition) is 2. The number of rotatable bonds is 1. The normalized spacial score (nSPS) is 20.0. The number of anilines is 1. The molecule has 2 heteroatoms. The van der Waals surface area contributed by atoms with Gasteiger partial charge < -0.3 is 4.90 Å². The molecule has 0 saturated heterocycles. The Morgan fingerprint density at radius 1 is 1.50 bits per heavy atom. The van der Waals surface area contributed by atoms with Crippen molar-refractivity contribution < 1.29 is 0 Å². The van der Waals surface area contributed by atoms with E-state index in [0.29, 0.717) is 0 Å². The minimum atomic E-state index is 0.0647. The molecule has 0 saturated carbocycles. The summed E-state index contributed by atoms with van der Waals surface area (Å²) in [6, 6.07) is 10.8. The Balaban J connectivity index is 2.40. The molecule has 0 N–H and O–H groups in total. The largest absolute Gasteiger partial charge is 0.356 e. The average Bonchev–Trinajstić information content (AvgIpc) is 2.27. The first-order chi connectivity index (χ1) is 6.86. The molecule has 1 atom stereocenters. The van der Waals surface area contributed by atoms with Crippen LogP contribution in [0.4, 0.5) is 5.69 Å². The molecule has 0 aliphatic carbocycles. The summed E-state index contributed by atoms with van der Waals surface area (Å²) in [6.45, 7) is 3.02. The molecule has 0 radical (unpaired) electrons. The maximum absolute atomic E-state index is 9.03. The van der Waals surface area contributed by atoms with Gasteiger partial charge in [-0.1, -0.05) is 18.2 Å². The second kappa shape index (κ2) is 3.71. The first-order valence-corrected chi connectivity index (χ1v) is 5.11. The third-order valence-electron chi connectivity index (χ3n) is 2.85. The van der Waals surface area contributed by atoms with Gasteiger partial charge in [-0.05, 0) is 31.4 Å². The van der Waals surface area contributed by atoms with E-state index in [1.807, 2.05) is 6.07 Å². The number of hydrogen-bond donors (Lipinski definition) is 0. The van der Waals surface area contributed by atoms with Gasteiger partial charge >= 0.3 is 0 Å². The zero-order chi connectivity index (χ0) is 9.97. The zero-order valence-electron chi connectivity index (χ0n) is 8.40. The van der Waals surface area contributed by atoms with Gasteiger partial charge in [0, 0.05) is 12.2 Å². The second-order valence-electron chi connectivity index (χ2n) is 3.60. The van der Waals surface area contributed by atoms with Crippen LogP contribution < -0.4 is 4.90 Å². The highest BCUT2D eigenvalue weighted by Crippen LogP contribution is 2.29. The van der Waals surface area contributed by atoms with E-state index in [2.05, 4.69) is 36.1 Å². The van der Waals surface area contributed by atoms with Gasteiger partial charge in [0.1, 0.15) is 6.04 Å². The van der Waals surface area contributed by atoms with Gasteiger partial charge in [0.2, 0.25) is 0 Å². The molecule has 1 aliphatic heterocycles. The highest BCUT2D eigenvalue weighted by molar-refractivity contribution is 5.57. The van der Waals surface area contributed by atoms with Crippen molar-refractivity contribution in [3.63, 3.8) is 0 Å². The van der Waals surface area contributed by atoms with E-state index in [1.54, 1.807) is 0 Å². The molecular weight excluding hydrogens is 172 g/mol. The molecule has 0 bridgehead atoms. The molecule has 2 rings (SSSR count). The van der Waals surface area contributed by atoms with Crippen LogP contribution in [0.1, 0.15) is 18.9 Å². The molecule has 0 unspecified atom stereocenters. The van der Waals surface area contributed by atoms with E-state index in [4.69, 9.17) is 5.26 Å². The number of nitrogens with zero attached hydrogens (tertiary/aromatic N) is 2. The molecule has 0 aromatic heterocycles. The summed E-state index contributed by atoms with van der Waals surface area (Å²) in [7, 11) is 0. The lowest BCUT2D eigenvalue weighted by molar-refractivity contribution is 0.624. The van der Waals surface area contributed by atoms with Crippen LogP contribution in [0.2, 0.25) is 0 Å². The fourth-order valence-corrected chi connectivity index (χ4v) is 2.14. The van der Waals surface area contributed by atoms with Crippen molar-refractivity contribution in [2.75, 3.05) is 11.4 Å². The molecule has 0 amide bonds. The van der Waals surface area contributed by atoms with E-state index in [1.165, 1.54) is 11.3 Å². The smallest absolute Gasteiger partial charge is 0.117 e. The predicted octanol–water partition coefficient (Wildman–Crippen LogP) is 2.35. The molecule has 72 valence electrons. The third kappa shape index (κ3) is 1.35. The molecule has 1 heterocycles.